The van der Waals surface area contributed by atoms with Gasteiger partial charge in [-0.15, -0.1) is 0 Å². The van der Waals surface area contributed by atoms with E-state index in [0.717, 1.165) is 17.4 Å². The summed E-state index contributed by atoms with van der Waals surface area (Å²) >= 11 is 0. The molecule has 1 fully saturated rings. The maximum Gasteiger partial charge on any atom is 0.332 e. The van der Waals surface area contributed by atoms with Gasteiger partial charge in [0.05, 0.1) is 10.9 Å². The van der Waals surface area contributed by atoms with Crippen molar-refractivity contribution in [3.8, 4) is 0 Å². The van der Waals surface area contributed by atoms with Gasteiger partial charge in [0.1, 0.15) is 5.65 Å². The van der Waals surface area contributed by atoms with Crippen molar-refractivity contribution < 1.29 is 4.79 Å². The summed E-state index contributed by atoms with van der Waals surface area (Å²) in [7, 11) is 2.96. The Hall–Kier alpha value is -2.44. The van der Waals surface area contributed by atoms with Gasteiger partial charge in [-0.3, -0.25) is 18.7 Å². The molecule has 0 radical (unpaired) electrons. The predicted molar refractivity (Wildman–Crippen MR) is 81.9 cm³/mol. The van der Waals surface area contributed by atoms with Crippen LogP contribution in [0.4, 0.5) is 0 Å². The number of aromatic nitrogens is 3. The van der Waals surface area contributed by atoms with Crippen LogP contribution in [0.1, 0.15) is 30.1 Å². The van der Waals surface area contributed by atoms with E-state index in [0.29, 0.717) is 11.5 Å². The van der Waals surface area contributed by atoms with Crippen LogP contribution < -0.4 is 16.6 Å². The third-order valence-electron chi connectivity index (χ3n) is 4.24. The first kappa shape index (κ1) is 14.5. The van der Waals surface area contributed by atoms with Gasteiger partial charge in [-0.05, 0) is 31.7 Å². The highest BCUT2D eigenvalue weighted by atomic mass is 16.2. The zero-order chi connectivity index (χ0) is 16.0. The third-order valence-corrected chi connectivity index (χ3v) is 4.24. The van der Waals surface area contributed by atoms with Crippen molar-refractivity contribution in [2.75, 3.05) is 0 Å². The summed E-state index contributed by atoms with van der Waals surface area (Å²) in [5.41, 5.74) is -0.282. The molecule has 22 heavy (non-hydrogen) atoms. The normalized spacial score (nSPS) is 15.8. The van der Waals surface area contributed by atoms with Crippen molar-refractivity contribution in [2.24, 2.45) is 20.0 Å². The van der Waals surface area contributed by atoms with Crippen LogP contribution in [-0.4, -0.2) is 26.1 Å². The van der Waals surface area contributed by atoms with E-state index in [1.807, 2.05) is 6.92 Å². The summed E-state index contributed by atoms with van der Waals surface area (Å²) in [6.45, 7) is 1.98. The lowest BCUT2D eigenvalue weighted by Gasteiger charge is -2.13. The molecule has 0 unspecified atom stereocenters. The Morgan fingerprint density at radius 1 is 1.32 bits per heavy atom. The first-order chi connectivity index (χ1) is 10.4. The second kappa shape index (κ2) is 5.08. The molecule has 1 amide bonds. The van der Waals surface area contributed by atoms with E-state index < -0.39 is 11.2 Å². The number of hydrogen-bond donors (Lipinski definition) is 1. The van der Waals surface area contributed by atoms with Crippen LogP contribution >= 0.6 is 0 Å². The summed E-state index contributed by atoms with van der Waals surface area (Å²) in [4.78, 5) is 40.4. The van der Waals surface area contributed by atoms with Gasteiger partial charge in [0, 0.05) is 26.3 Å². The van der Waals surface area contributed by atoms with Crippen molar-refractivity contribution >= 4 is 16.9 Å². The van der Waals surface area contributed by atoms with E-state index in [1.54, 1.807) is 7.05 Å². The highest BCUT2D eigenvalue weighted by Crippen LogP contribution is 2.32. The molecule has 2 heterocycles. The molecule has 1 atom stereocenters. The van der Waals surface area contributed by atoms with E-state index in [1.165, 1.54) is 23.9 Å². The number of nitrogens with zero attached hydrogens (tertiary/aromatic N) is 3. The molecule has 7 nitrogen and oxygen atoms in total. The Bertz CT molecular complexity index is 877. The fourth-order valence-corrected chi connectivity index (χ4v) is 2.59. The first-order valence-corrected chi connectivity index (χ1v) is 7.26. The topological polar surface area (TPSA) is 86.0 Å². The molecule has 2 aromatic rings. The smallest absolute Gasteiger partial charge is 0.332 e. The van der Waals surface area contributed by atoms with Gasteiger partial charge >= 0.3 is 5.69 Å². The molecule has 0 saturated heterocycles. The minimum absolute atomic E-state index is 0.117. The van der Waals surface area contributed by atoms with E-state index in [9.17, 15) is 14.4 Å². The van der Waals surface area contributed by atoms with E-state index >= 15 is 0 Å². The maximum atomic E-state index is 12.3. The quantitative estimate of drug-likeness (QED) is 0.875. The summed E-state index contributed by atoms with van der Waals surface area (Å²) in [5, 5.41) is 3.19. The summed E-state index contributed by atoms with van der Waals surface area (Å²) in [5.74, 6) is 0.302. The maximum absolute atomic E-state index is 12.3. The van der Waals surface area contributed by atoms with Gasteiger partial charge < -0.3 is 5.32 Å². The highest BCUT2D eigenvalue weighted by Gasteiger charge is 2.29. The fraction of sp³-hybridized carbons (Fsp3) is 0.467. The van der Waals surface area contributed by atoms with Crippen molar-refractivity contribution in [1.29, 1.82) is 0 Å². The van der Waals surface area contributed by atoms with Crippen molar-refractivity contribution in [1.82, 2.24) is 19.4 Å². The molecule has 7 heteroatoms. The Morgan fingerprint density at radius 2 is 2.00 bits per heavy atom. The van der Waals surface area contributed by atoms with Crippen LogP contribution in [0.3, 0.4) is 0 Å². The molecule has 0 aromatic carbocycles. The number of carbonyl (C=O) groups excluding carboxylic acids is 1. The predicted octanol–water partition coefficient (Wildman–Crippen LogP) is 0.160. The van der Waals surface area contributed by atoms with Gasteiger partial charge in [-0.2, -0.15) is 0 Å². The molecular weight excluding hydrogens is 284 g/mol. The van der Waals surface area contributed by atoms with Crippen molar-refractivity contribution in [3.05, 3.63) is 38.7 Å². The SMILES string of the molecule is C[C@@H](NC(=O)c1cnc2c(c1)c(=O)n(C)c(=O)n2C)C1CC1. The molecular formula is C15H18N4O3. The second-order valence-electron chi connectivity index (χ2n) is 5.90. The largest absolute Gasteiger partial charge is 0.349 e. The van der Waals surface area contributed by atoms with Crippen LogP contribution in [0, 0.1) is 5.92 Å². The van der Waals surface area contributed by atoms with E-state index in [2.05, 4.69) is 10.3 Å². The van der Waals surface area contributed by atoms with Gasteiger partial charge in [-0.25, -0.2) is 9.78 Å². The van der Waals surface area contributed by atoms with Crippen molar-refractivity contribution in [2.45, 2.75) is 25.8 Å². The average molecular weight is 302 g/mol. The Balaban J connectivity index is 2.04. The molecule has 0 spiro atoms. The number of carbonyl (C=O) groups is 1. The zero-order valence-corrected chi connectivity index (χ0v) is 12.8. The minimum atomic E-state index is -0.449. The Morgan fingerprint density at radius 3 is 2.64 bits per heavy atom. The lowest BCUT2D eigenvalue weighted by atomic mass is 10.1. The molecule has 116 valence electrons. The number of nitrogens with one attached hydrogen (secondary N) is 1. The number of aryl methyl sites for hydroxylation is 1. The molecule has 1 aliphatic rings. The summed E-state index contributed by atoms with van der Waals surface area (Å²) in [6, 6.07) is 1.62. The minimum Gasteiger partial charge on any atom is -0.349 e. The summed E-state index contributed by atoms with van der Waals surface area (Å²) in [6.07, 6.45) is 3.68. The first-order valence-electron chi connectivity index (χ1n) is 7.26. The molecule has 1 aliphatic carbocycles. The number of pyridine rings is 1. The molecule has 0 aliphatic heterocycles. The number of amides is 1. The molecule has 1 saturated carbocycles. The molecule has 0 bridgehead atoms. The van der Waals surface area contributed by atoms with Crippen LogP contribution in [0.25, 0.3) is 11.0 Å². The molecule has 1 N–H and O–H groups in total. The standard InChI is InChI=1S/C15H18N4O3/c1-8(9-4-5-9)17-13(20)10-6-11-12(16-7-10)18(2)15(22)19(3)14(11)21/h6-9H,4-5H2,1-3H3,(H,17,20)/t8-/m1/s1. The van der Waals surface area contributed by atoms with Gasteiger partial charge in [0.15, 0.2) is 0 Å². The second-order valence-corrected chi connectivity index (χ2v) is 5.90. The number of rotatable bonds is 3. The van der Waals surface area contributed by atoms with Crippen molar-refractivity contribution in [3.63, 3.8) is 0 Å². The van der Waals surface area contributed by atoms with Crippen LogP contribution in [0.15, 0.2) is 21.9 Å². The van der Waals surface area contributed by atoms with Crippen LogP contribution in [-0.2, 0) is 14.1 Å². The lowest BCUT2D eigenvalue weighted by Crippen LogP contribution is -2.38. The molecule has 2 aromatic heterocycles. The Kier molecular flexibility index (Phi) is 3.35. The van der Waals surface area contributed by atoms with E-state index in [4.69, 9.17) is 0 Å². The lowest BCUT2D eigenvalue weighted by molar-refractivity contribution is 0.0935. The zero-order valence-electron chi connectivity index (χ0n) is 12.8. The third kappa shape index (κ3) is 2.32. The molecule has 3 rings (SSSR count). The average Bonchev–Trinajstić information content (AvgIpc) is 3.35. The van der Waals surface area contributed by atoms with Gasteiger partial charge in [-0.1, -0.05) is 0 Å². The number of hydrogen-bond acceptors (Lipinski definition) is 4. The number of fused-ring (bicyclic) bond motifs is 1. The van der Waals surface area contributed by atoms with Gasteiger partial charge in [0.2, 0.25) is 0 Å². The summed E-state index contributed by atoms with van der Waals surface area (Å²) < 4.78 is 2.31. The highest BCUT2D eigenvalue weighted by molar-refractivity contribution is 5.96. The fourth-order valence-electron chi connectivity index (χ4n) is 2.59. The van der Waals surface area contributed by atoms with E-state index in [-0.39, 0.29) is 23.0 Å². The monoisotopic (exact) mass is 302 g/mol. The van der Waals surface area contributed by atoms with Crippen LogP contribution in [0.5, 0.6) is 0 Å². The van der Waals surface area contributed by atoms with Crippen LogP contribution in [0.2, 0.25) is 0 Å². The van der Waals surface area contributed by atoms with Gasteiger partial charge in [0.25, 0.3) is 11.5 Å². The Labute approximate surface area is 126 Å².